The van der Waals surface area contributed by atoms with E-state index in [0.29, 0.717) is 12.0 Å². The topological polar surface area (TPSA) is 107 Å². The number of fused-ring (bicyclic) bond motifs is 1. The highest BCUT2D eigenvalue weighted by Gasteiger charge is 2.26. The molecular formula is C21H19FN4O3. The van der Waals surface area contributed by atoms with Gasteiger partial charge >= 0.3 is 0 Å². The number of hydrogen-bond donors (Lipinski definition) is 4. The molecule has 1 aromatic heterocycles. The first-order valence-electron chi connectivity index (χ1n) is 9.18. The maximum Gasteiger partial charge on any atom is 0.274 e. The third-order valence-corrected chi connectivity index (χ3v) is 4.83. The second kappa shape index (κ2) is 7.75. The van der Waals surface area contributed by atoms with Crippen molar-refractivity contribution in [2.45, 2.75) is 25.4 Å². The molecule has 4 N–H and O–H groups in total. The van der Waals surface area contributed by atoms with Crippen LogP contribution < -0.4 is 10.6 Å². The molecule has 29 heavy (non-hydrogen) atoms. The normalized spacial score (nSPS) is 15.3. The van der Waals surface area contributed by atoms with Gasteiger partial charge in [0.15, 0.2) is 11.5 Å². The molecule has 1 aliphatic rings. The van der Waals surface area contributed by atoms with Crippen LogP contribution in [0, 0.1) is 5.82 Å². The van der Waals surface area contributed by atoms with Crippen LogP contribution in [0.15, 0.2) is 48.5 Å². The summed E-state index contributed by atoms with van der Waals surface area (Å²) in [4.78, 5) is 20.7. The number of hydrogen-bond acceptors (Lipinski definition) is 6. The van der Waals surface area contributed by atoms with Crippen LogP contribution in [0.1, 0.15) is 39.9 Å². The lowest BCUT2D eigenvalue weighted by atomic mass is 9.97. The van der Waals surface area contributed by atoms with Crippen molar-refractivity contribution in [2.24, 2.45) is 0 Å². The Morgan fingerprint density at radius 3 is 2.69 bits per heavy atom. The van der Waals surface area contributed by atoms with Gasteiger partial charge in [-0.05, 0) is 42.2 Å². The molecule has 1 unspecified atom stereocenters. The SMILES string of the molecule is O=C(NCc1ccc(F)cc1)c1nc(C2CCc3ccccc3N2)nc(O)c1O. The van der Waals surface area contributed by atoms with Crippen LogP contribution in [0.4, 0.5) is 10.1 Å². The van der Waals surface area contributed by atoms with Crippen molar-refractivity contribution in [1.29, 1.82) is 0 Å². The summed E-state index contributed by atoms with van der Waals surface area (Å²) < 4.78 is 13.0. The van der Waals surface area contributed by atoms with E-state index in [-0.39, 0.29) is 29.9 Å². The van der Waals surface area contributed by atoms with Crippen molar-refractivity contribution < 1.29 is 19.4 Å². The summed E-state index contributed by atoms with van der Waals surface area (Å²) in [6.45, 7) is 0.119. The molecule has 0 bridgehead atoms. The van der Waals surface area contributed by atoms with E-state index in [4.69, 9.17) is 0 Å². The van der Waals surface area contributed by atoms with E-state index in [1.165, 1.54) is 17.7 Å². The van der Waals surface area contributed by atoms with Gasteiger partial charge < -0.3 is 20.8 Å². The second-order valence-electron chi connectivity index (χ2n) is 6.80. The van der Waals surface area contributed by atoms with Gasteiger partial charge in [-0.25, -0.2) is 9.37 Å². The quantitative estimate of drug-likeness (QED) is 0.542. The highest BCUT2D eigenvalue weighted by molar-refractivity contribution is 5.95. The first kappa shape index (κ1) is 18.7. The molecule has 0 fully saturated rings. The van der Waals surface area contributed by atoms with Gasteiger partial charge in [-0.1, -0.05) is 30.3 Å². The van der Waals surface area contributed by atoms with Crippen molar-refractivity contribution in [2.75, 3.05) is 5.32 Å². The molecule has 148 valence electrons. The number of amides is 1. The Balaban J connectivity index is 1.54. The van der Waals surface area contributed by atoms with E-state index < -0.39 is 17.5 Å². The number of carbonyl (C=O) groups is 1. The van der Waals surface area contributed by atoms with Crippen LogP contribution in [0.25, 0.3) is 0 Å². The summed E-state index contributed by atoms with van der Waals surface area (Å²) in [6.07, 6.45) is 1.48. The minimum Gasteiger partial charge on any atom is -0.501 e. The Morgan fingerprint density at radius 2 is 1.90 bits per heavy atom. The van der Waals surface area contributed by atoms with Gasteiger partial charge in [0.1, 0.15) is 5.82 Å². The molecule has 2 heterocycles. The maximum atomic E-state index is 13.0. The Labute approximate surface area is 166 Å². The summed E-state index contributed by atoms with van der Waals surface area (Å²) >= 11 is 0. The minimum absolute atomic E-state index is 0.119. The average molecular weight is 394 g/mol. The third kappa shape index (κ3) is 3.96. The fourth-order valence-electron chi connectivity index (χ4n) is 3.27. The summed E-state index contributed by atoms with van der Waals surface area (Å²) in [5.74, 6) is -2.14. The molecule has 0 spiro atoms. The first-order chi connectivity index (χ1) is 14.0. The average Bonchev–Trinajstić information content (AvgIpc) is 2.74. The standard InChI is InChI=1S/C21H19FN4O3/c22-14-8-5-12(6-9-14)11-23-20(28)17-18(27)21(29)26-19(25-17)16-10-7-13-3-1-2-4-15(13)24-16/h1-6,8-9,16,24,27H,7,10-11H2,(H,23,28)(H,25,26,29). The van der Waals surface area contributed by atoms with E-state index in [0.717, 1.165) is 12.1 Å². The van der Waals surface area contributed by atoms with Crippen molar-refractivity contribution >= 4 is 11.6 Å². The predicted molar refractivity (Wildman–Crippen MR) is 104 cm³/mol. The Hall–Kier alpha value is -3.68. The number of rotatable bonds is 4. The molecule has 3 aromatic rings. The Kier molecular flexibility index (Phi) is 4.99. The van der Waals surface area contributed by atoms with Gasteiger partial charge in [-0.3, -0.25) is 4.79 Å². The molecule has 0 radical (unpaired) electrons. The van der Waals surface area contributed by atoms with Crippen LogP contribution in [0.3, 0.4) is 0 Å². The maximum absolute atomic E-state index is 13.0. The van der Waals surface area contributed by atoms with E-state index >= 15 is 0 Å². The number of aromatic nitrogens is 2. The largest absolute Gasteiger partial charge is 0.501 e. The second-order valence-corrected chi connectivity index (χ2v) is 6.80. The van der Waals surface area contributed by atoms with Gasteiger partial charge in [0.05, 0.1) is 6.04 Å². The van der Waals surface area contributed by atoms with E-state index in [9.17, 15) is 19.4 Å². The number of halogens is 1. The fourth-order valence-corrected chi connectivity index (χ4v) is 3.27. The van der Waals surface area contributed by atoms with Crippen LogP contribution in [0.5, 0.6) is 11.6 Å². The van der Waals surface area contributed by atoms with Crippen LogP contribution in [-0.4, -0.2) is 26.1 Å². The molecule has 0 saturated heterocycles. The van der Waals surface area contributed by atoms with Gasteiger partial charge in [0.25, 0.3) is 11.8 Å². The monoisotopic (exact) mass is 394 g/mol. The van der Waals surface area contributed by atoms with Crippen molar-refractivity contribution in [1.82, 2.24) is 15.3 Å². The predicted octanol–water partition coefficient (Wildman–Crippen LogP) is 3.06. The molecule has 8 heteroatoms. The highest BCUT2D eigenvalue weighted by Crippen LogP contribution is 2.34. The van der Waals surface area contributed by atoms with E-state index in [1.54, 1.807) is 12.1 Å². The number of aryl methyl sites for hydroxylation is 1. The van der Waals surface area contributed by atoms with Crippen LogP contribution in [0.2, 0.25) is 0 Å². The summed E-state index contributed by atoms with van der Waals surface area (Å²) in [5.41, 5.74) is 2.49. The molecule has 0 saturated carbocycles. The molecule has 0 aliphatic carbocycles. The lowest BCUT2D eigenvalue weighted by molar-refractivity contribution is 0.0941. The zero-order valence-electron chi connectivity index (χ0n) is 15.4. The minimum atomic E-state index is -0.679. The lowest BCUT2D eigenvalue weighted by Gasteiger charge is -2.26. The Bertz CT molecular complexity index is 1060. The molecule has 1 amide bonds. The van der Waals surface area contributed by atoms with Gasteiger partial charge in [0, 0.05) is 12.2 Å². The molecule has 4 rings (SSSR count). The lowest BCUT2D eigenvalue weighted by Crippen LogP contribution is -2.26. The molecule has 2 aromatic carbocycles. The number of aromatic hydroxyl groups is 2. The number of nitrogens with zero attached hydrogens (tertiary/aromatic N) is 2. The number of nitrogens with one attached hydrogen (secondary N) is 2. The smallest absolute Gasteiger partial charge is 0.274 e. The zero-order valence-corrected chi connectivity index (χ0v) is 15.4. The number of para-hydroxylation sites is 1. The third-order valence-electron chi connectivity index (χ3n) is 4.83. The van der Waals surface area contributed by atoms with Crippen molar-refractivity contribution in [3.63, 3.8) is 0 Å². The number of carbonyl (C=O) groups excluding carboxylic acids is 1. The van der Waals surface area contributed by atoms with Gasteiger partial charge in [-0.15, -0.1) is 0 Å². The van der Waals surface area contributed by atoms with Crippen LogP contribution >= 0.6 is 0 Å². The fraction of sp³-hybridized carbons (Fsp3) is 0.190. The first-order valence-corrected chi connectivity index (χ1v) is 9.18. The summed E-state index contributed by atoms with van der Waals surface area (Å²) in [7, 11) is 0. The molecule has 1 atom stereocenters. The van der Waals surface area contributed by atoms with Crippen molar-refractivity contribution in [3.8, 4) is 11.6 Å². The molecule has 7 nitrogen and oxygen atoms in total. The number of benzene rings is 2. The zero-order chi connectivity index (χ0) is 20.4. The Morgan fingerprint density at radius 1 is 1.14 bits per heavy atom. The van der Waals surface area contributed by atoms with E-state index in [1.807, 2.05) is 24.3 Å². The van der Waals surface area contributed by atoms with E-state index in [2.05, 4.69) is 20.6 Å². The molecular weight excluding hydrogens is 375 g/mol. The van der Waals surface area contributed by atoms with Crippen molar-refractivity contribution in [3.05, 3.63) is 77.0 Å². The summed E-state index contributed by atoms with van der Waals surface area (Å²) in [5, 5.41) is 26.0. The van der Waals surface area contributed by atoms with Gasteiger partial charge in [-0.2, -0.15) is 4.98 Å². The van der Waals surface area contributed by atoms with Gasteiger partial charge in [0.2, 0.25) is 5.75 Å². The highest BCUT2D eigenvalue weighted by atomic mass is 19.1. The van der Waals surface area contributed by atoms with Crippen LogP contribution in [-0.2, 0) is 13.0 Å². The number of anilines is 1. The molecule has 1 aliphatic heterocycles. The summed E-state index contributed by atoms with van der Waals surface area (Å²) in [6, 6.07) is 13.2.